The highest BCUT2D eigenvalue weighted by atomic mass is 19.1. The summed E-state index contributed by atoms with van der Waals surface area (Å²) in [4.78, 5) is 2.50. The fourth-order valence-corrected chi connectivity index (χ4v) is 5.06. The van der Waals surface area contributed by atoms with Crippen molar-refractivity contribution in [3.63, 3.8) is 0 Å². The van der Waals surface area contributed by atoms with Gasteiger partial charge in [-0.15, -0.1) is 0 Å². The largest absolute Gasteiger partial charge is 0.497 e. The number of nitrogens with zero attached hydrogens (tertiary/aromatic N) is 1. The highest BCUT2D eigenvalue weighted by molar-refractivity contribution is 5.54. The van der Waals surface area contributed by atoms with E-state index in [2.05, 4.69) is 23.2 Å². The molecule has 2 heterocycles. The summed E-state index contributed by atoms with van der Waals surface area (Å²) < 4.78 is 44.0. The van der Waals surface area contributed by atoms with E-state index in [1.54, 1.807) is 14.2 Å². The van der Waals surface area contributed by atoms with Crippen LogP contribution < -0.4 is 19.5 Å². The molecule has 5 rings (SSSR count). The summed E-state index contributed by atoms with van der Waals surface area (Å²) in [5.41, 5.74) is 6.49. The molecule has 0 aliphatic carbocycles. The van der Waals surface area contributed by atoms with Crippen LogP contribution >= 0.6 is 0 Å². The SMILES string of the molecule is COc1ccc(NC2=C(C)CC3c4cc(OC)c(OCc5cc(F)cc(F)c5)cc4CCN3C2)cc1. The van der Waals surface area contributed by atoms with Gasteiger partial charge in [0.2, 0.25) is 0 Å². The molecule has 3 aromatic rings. The first-order valence-corrected chi connectivity index (χ1v) is 12.1. The molecule has 0 bridgehead atoms. The molecule has 1 unspecified atom stereocenters. The zero-order chi connectivity index (χ0) is 25.2. The predicted octanol–water partition coefficient (Wildman–Crippen LogP) is 6.25. The molecule has 2 aliphatic rings. The number of anilines is 1. The number of halogens is 2. The van der Waals surface area contributed by atoms with Crippen LogP contribution in [0.2, 0.25) is 0 Å². The van der Waals surface area contributed by atoms with E-state index in [4.69, 9.17) is 14.2 Å². The predicted molar refractivity (Wildman–Crippen MR) is 136 cm³/mol. The lowest BCUT2D eigenvalue weighted by Crippen LogP contribution is -2.41. The van der Waals surface area contributed by atoms with E-state index < -0.39 is 11.6 Å². The minimum Gasteiger partial charge on any atom is -0.497 e. The lowest BCUT2D eigenvalue weighted by atomic mass is 9.85. The lowest BCUT2D eigenvalue weighted by molar-refractivity contribution is 0.186. The standard InChI is InChI=1S/C29H30F2N2O3/c1-18-10-27-25-15-28(35-3)29(36-17-19-11-21(30)14-22(31)12-19)13-20(25)8-9-33(27)16-26(18)32-23-4-6-24(34-2)7-5-23/h4-7,11-15,27,32H,8-10,16-17H2,1-3H3. The Bertz CT molecular complexity index is 1270. The van der Waals surface area contributed by atoms with Crippen molar-refractivity contribution < 1.29 is 23.0 Å². The molecule has 7 heteroatoms. The Kier molecular flexibility index (Phi) is 6.83. The van der Waals surface area contributed by atoms with E-state index in [9.17, 15) is 8.78 Å². The van der Waals surface area contributed by atoms with Crippen LogP contribution in [0.5, 0.6) is 17.2 Å². The Morgan fingerprint density at radius 3 is 2.39 bits per heavy atom. The summed E-state index contributed by atoms with van der Waals surface area (Å²) in [7, 11) is 3.28. The Morgan fingerprint density at radius 2 is 1.69 bits per heavy atom. The lowest BCUT2D eigenvalue weighted by Gasteiger charge is -2.42. The summed E-state index contributed by atoms with van der Waals surface area (Å²) >= 11 is 0. The fraction of sp³-hybridized carbons (Fsp3) is 0.310. The molecule has 36 heavy (non-hydrogen) atoms. The third-order valence-corrected chi connectivity index (χ3v) is 6.97. The van der Waals surface area contributed by atoms with Gasteiger partial charge in [0, 0.05) is 36.6 Å². The van der Waals surface area contributed by atoms with Crippen molar-refractivity contribution in [2.75, 3.05) is 32.6 Å². The van der Waals surface area contributed by atoms with Crippen molar-refractivity contribution in [3.05, 3.63) is 94.2 Å². The quantitative estimate of drug-likeness (QED) is 0.422. The summed E-state index contributed by atoms with van der Waals surface area (Å²) in [5.74, 6) is 0.805. The van der Waals surface area contributed by atoms with E-state index in [1.807, 2.05) is 30.3 Å². The Balaban J connectivity index is 1.35. The van der Waals surface area contributed by atoms with Gasteiger partial charge in [0.05, 0.1) is 14.2 Å². The van der Waals surface area contributed by atoms with Gasteiger partial charge in [-0.2, -0.15) is 0 Å². The van der Waals surface area contributed by atoms with Crippen molar-refractivity contribution >= 4 is 5.69 Å². The van der Waals surface area contributed by atoms with Gasteiger partial charge in [-0.25, -0.2) is 8.78 Å². The molecule has 3 aromatic carbocycles. The highest BCUT2D eigenvalue weighted by Gasteiger charge is 2.33. The molecule has 0 radical (unpaired) electrons. The van der Waals surface area contributed by atoms with Gasteiger partial charge < -0.3 is 19.5 Å². The van der Waals surface area contributed by atoms with Crippen LogP contribution in [0, 0.1) is 11.6 Å². The number of ether oxygens (including phenoxy) is 3. The van der Waals surface area contributed by atoms with E-state index in [0.717, 1.165) is 43.4 Å². The van der Waals surface area contributed by atoms with E-state index >= 15 is 0 Å². The minimum absolute atomic E-state index is 0.0572. The first kappa shape index (κ1) is 24.1. The summed E-state index contributed by atoms with van der Waals surface area (Å²) in [6.45, 7) is 4.01. The van der Waals surface area contributed by atoms with Crippen molar-refractivity contribution in [1.29, 1.82) is 0 Å². The highest BCUT2D eigenvalue weighted by Crippen LogP contribution is 2.43. The number of rotatable bonds is 7. The van der Waals surface area contributed by atoms with Gasteiger partial charge in [-0.3, -0.25) is 4.90 Å². The molecule has 2 aliphatic heterocycles. The van der Waals surface area contributed by atoms with Crippen LogP contribution in [0.15, 0.2) is 65.9 Å². The van der Waals surface area contributed by atoms with Gasteiger partial charge in [-0.05, 0) is 85.0 Å². The van der Waals surface area contributed by atoms with Crippen molar-refractivity contribution in [1.82, 2.24) is 4.90 Å². The van der Waals surface area contributed by atoms with Crippen LogP contribution in [-0.2, 0) is 13.0 Å². The zero-order valence-corrected chi connectivity index (χ0v) is 20.7. The second-order valence-corrected chi connectivity index (χ2v) is 9.32. The maximum atomic E-state index is 13.6. The molecule has 0 aromatic heterocycles. The van der Waals surface area contributed by atoms with Gasteiger partial charge in [0.1, 0.15) is 24.0 Å². The monoisotopic (exact) mass is 492 g/mol. The Labute approximate surface area is 210 Å². The maximum Gasteiger partial charge on any atom is 0.161 e. The first-order valence-electron chi connectivity index (χ1n) is 12.1. The molecule has 0 amide bonds. The molecule has 0 fully saturated rings. The molecule has 0 saturated heterocycles. The number of fused-ring (bicyclic) bond motifs is 3. The third-order valence-electron chi connectivity index (χ3n) is 6.97. The zero-order valence-electron chi connectivity index (χ0n) is 20.7. The third kappa shape index (κ3) is 5.02. The van der Waals surface area contributed by atoms with Gasteiger partial charge in [0.25, 0.3) is 0 Å². The van der Waals surface area contributed by atoms with Crippen LogP contribution in [-0.4, -0.2) is 32.2 Å². The van der Waals surface area contributed by atoms with Gasteiger partial charge >= 0.3 is 0 Å². The molecular weight excluding hydrogens is 462 g/mol. The van der Waals surface area contributed by atoms with E-state index in [0.29, 0.717) is 17.1 Å². The smallest absolute Gasteiger partial charge is 0.161 e. The molecule has 188 valence electrons. The number of benzene rings is 3. The normalized spacial score (nSPS) is 17.3. The van der Waals surface area contributed by atoms with E-state index in [-0.39, 0.29) is 12.6 Å². The summed E-state index contributed by atoms with van der Waals surface area (Å²) in [5, 5.41) is 3.60. The number of methoxy groups -OCH3 is 2. The number of nitrogens with one attached hydrogen (secondary N) is 1. The van der Waals surface area contributed by atoms with Gasteiger partial charge in [0.15, 0.2) is 11.5 Å². The van der Waals surface area contributed by atoms with Crippen LogP contribution in [0.25, 0.3) is 0 Å². The maximum absolute atomic E-state index is 13.6. The average Bonchev–Trinajstić information content (AvgIpc) is 2.87. The molecule has 1 atom stereocenters. The molecule has 1 N–H and O–H groups in total. The topological polar surface area (TPSA) is 43.0 Å². The Hall–Kier alpha value is -3.58. The van der Waals surface area contributed by atoms with Crippen LogP contribution in [0.4, 0.5) is 14.5 Å². The van der Waals surface area contributed by atoms with Crippen molar-refractivity contribution in [2.45, 2.75) is 32.4 Å². The van der Waals surface area contributed by atoms with Crippen LogP contribution in [0.3, 0.4) is 0 Å². The van der Waals surface area contributed by atoms with Crippen molar-refractivity contribution in [3.8, 4) is 17.2 Å². The average molecular weight is 493 g/mol. The molecule has 0 saturated carbocycles. The molecule has 0 spiro atoms. The van der Waals surface area contributed by atoms with E-state index in [1.165, 1.54) is 34.5 Å². The van der Waals surface area contributed by atoms with Crippen LogP contribution in [0.1, 0.15) is 36.1 Å². The summed E-state index contributed by atoms with van der Waals surface area (Å²) in [6.07, 6.45) is 1.80. The minimum atomic E-state index is -0.618. The number of hydrogen-bond donors (Lipinski definition) is 1. The first-order chi connectivity index (χ1) is 17.4. The second-order valence-electron chi connectivity index (χ2n) is 9.32. The molecule has 5 nitrogen and oxygen atoms in total. The Morgan fingerprint density at radius 1 is 0.944 bits per heavy atom. The number of hydrogen-bond acceptors (Lipinski definition) is 5. The summed E-state index contributed by atoms with van der Waals surface area (Å²) in [6, 6.07) is 15.7. The molecular formula is C29H30F2N2O3. The van der Waals surface area contributed by atoms with Crippen molar-refractivity contribution in [2.24, 2.45) is 0 Å². The second kappa shape index (κ2) is 10.2. The fourth-order valence-electron chi connectivity index (χ4n) is 5.06. The van der Waals surface area contributed by atoms with Gasteiger partial charge in [-0.1, -0.05) is 5.57 Å².